The molecule has 4 aromatic rings. The Hall–Kier alpha value is -3.67. The number of pyridine rings is 1. The number of fused-ring (bicyclic) bond motifs is 1. The van der Waals surface area contributed by atoms with Crippen LogP contribution in [-0.2, 0) is 6.54 Å². The standard InChI is InChI=1S/C22H20N6O2S2.C5H10O/c1-31-17-9-13(4-5-16(17)26-12-23)10-25-22(30)15-3-2-7-28-19(20(24)29)18(27-21(15)28)14-6-8-32-11-14;6-5-3-1-2-4-5/h2-9,11-12H,10H2,1H3,(H2,23,26)(H2,24,29)(H,25,30);5-6H,1-4H2. The number of carbonyl (C=O) groups is 2. The summed E-state index contributed by atoms with van der Waals surface area (Å²) in [5.74, 6) is -0.913. The van der Waals surface area contributed by atoms with Crippen LogP contribution in [0.2, 0.25) is 0 Å². The van der Waals surface area contributed by atoms with Gasteiger partial charge in [0, 0.05) is 28.6 Å². The number of nitrogens with zero attached hydrogens (tertiary/aromatic N) is 3. The quantitative estimate of drug-likeness (QED) is 0.153. The molecule has 198 valence electrons. The number of amides is 2. The minimum Gasteiger partial charge on any atom is -0.393 e. The van der Waals surface area contributed by atoms with Gasteiger partial charge in [0.1, 0.15) is 11.4 Å². The number of rotatable bonds is 7. The van der Waals surface area contributed by atoms with Gasteiger partial charge in [-0.15, -0.1) is 11.8 Å². The molecular weight excluding hydrogens is 520 g/mol. The summed E-state index contributed by atoms with van der Waals surface area (Å²) in [5.41, 5.74) is 14.9. The van der Waals surface area contributed by atoms with Gasteiger partial charge in [0.2, 0.25) is 0 Å². The number of aliphatic imine (C=N–C) groups is 1. The topological polar surface area (TPSA) is 148 Å². The van der Waals surface area contributed by atoms with Gasteiger partial charge >= 0.3 is 0 Å². The fraction of sp³-hybridized carbons (Fsp3) is 0.259. The van der Waals surface area contributed by atoms with Crippen LogP contribution in [0.5, 0.6) is 0 Å². The highest BCUT2D eigenvalue weighted by molar-refractivity contribution is 7.98. The van der Waals surface area contributed by atoms with E-state index >= 15 is 0 Å². The lowest BCUT2D eigenvalue weighted by molar-refractivity contribution is 0.0949. The summed E-state index contributed by atoms with van der Waals surface area (Å²) < 4.78 is 1.57. The number of hydrogen-bond acceptors (Lipinski definition) is 7. The van der Waals surface area contributed by atoms with Crippen LogP contribution < -0.4 is 16.8 Å². The van der Waals surface area contributed by atoms with Gasteiger partial charge in [-0.3, -0.25) is 14.0 Å². The maximum absolute atomic E-state index is 13.0. The van der Waals surface area contributed by atoms with E-state index < -0.39 is 5.91 Å². The third kappa shape index (κ3) is 6.24. The van der Waals surface area contributed by atoms with Crippen molar-refractivity contribution >= 4 is 52.6 Å². The van der Waals surface area contributed by atoms with Crippen molar-refractivity contribution in [1.29, 1.82) is 0 Å². The number of imidazole rings is 1. The van der Waals surface area contributed by atoms with Crippen molar-refractivity contribution in [3.63, 3.8) is 0 Å². The molecule has 1 aromatic carbocycles. The van der Waals surface area contributed by atoms with Crippen LogP contribution in [0, 0.1) is 0 Å². The summed E-state index contributed by atoms with van der Waals surface area (Å²) in [6.45, 7) is 0.320. The molecule has 2 amide bonds. The first kappa shape index (κ1) is 27.4. The molecule has 3 aromatic heterocycles. The molecule has 1 saturated carbocycles. The second-order valence-corrected chi connectivity index (χ2v) is 10.3. The van der Waals surface area contributed by atoms with Gasteiger partial charge in [0.15, 0.2) is 5.65 Å². The average Bonchev–Trinajstić information content (AvgIpc) is 3.68. The van der Waals surface area contributed by atoms with Crippen LogP contribution >= 0.6 is 23.1 Å². The van der Waals surface area contributed by atoms with Gasteiger partial charge in [-0.25, -0.2) is 9.98 Å². The van der Waals surface area contributed by atoms with E-state index in [2.05, 4.69) is 15.3 Å². The van der Waals surface area contributed by atoms with Crippen molar-refractivity contribution in [2.75, 3.05) is 6.26 Å². The van der Waals surface area contributed by atoms with E-state index in [0.29, 0.717) is 23.4 Å². The van der Waals surface area contributed by atoms with Crippen molar-refractivity contribution < 1.29 is 14.7 Å². The maximum Gasteiger partial charge on any atom is 0.268 e. The number of aliphatic hydroxyl groups excluding tert-OH is 1. The molecular formula is C27H30N6O3S2. The maximum atomic E-state index is 13.0. The monoisotopic (exact) mass is 550 g/mol. The zero-order valence-corrected chi connectivity index (χ0v) is 22.6. The SMILES string of the molecule is CSc1cc(CNC(=O)c2cccn3c(C(N)=O)c(-c4ccsc4)nc23)ccc1N=CN.OC1CCCC1. The van der Waals surface area contributed by atoms with Gasteiger partial charge in [-0.2, -0.15) is 11.3 Å². The Kier molecular flexibility index (Phi) is 9.16. The number of thiophene rings is 1. The first-order chi connectivity index (χ1) is 18.4. The Bertz CT molecular complexity index is 1440. The van der Waals surface area contributed by atoms with E-state index in [9.17, 15) is 9.59 Å². The number of benzene rings is 1. The van der Waals surface area contributed by atoms with Crippen LogP contribution in [0.1, 0.15) is 52.1 Å². The normalized spacial score (nSPS) is 13.5. The lowest BCUT2D eigenvalue weighted by Crippen LogP contribution is -2.23. The van der Waals surface area contributed by atoms with Crippen LogP contribution in [-0.4, -0.2) is 45.0 Å². The molecule has 0 spiro atoms. The number of aromatic nitrogens is 2. The fourth-order valence-corrected chi connectivity index (χ4v) is 5.52. The number of thioether (sulfide) groups is 1. The summed E-state index contributed by atoms with van der Waals surface area (Å²) in [4.78, 5) is 34.9. The summed E-state index contributed by atoms with van der Waals surface area (Å²) in [6, 6.07) is 10.9. The minimum absolute atomic E-state index is 0.0463. The second kappa shape index (κ2) is 12.7. The summed E-state index contributed by atoms with van der Waals surface area (Å²) in [5, 5.41) is 15.4. The molecule has 9 nitrogen and oxygen atoms in total. The Labute approximate surface area is 229 Å². The molecule has 1 aliphatic rings. The molecule has 0 saturated heterocycles. The lowest BCUT2D eigenvalue weighted by atomic mass is 10.2. The highest BCUT2D eigenvalue weighted by Crippen LogP contribution is 2.29. The molecule has 3 heterocycles. The second-order valence-electron chi connectivity index (χ2n) is 8.71. The number of aliphatic hydroxyl groups is 1. The highest BCUT2D eigenvalue weighted by Gasteiger charge is 2.22. The van der Waals surface area contributed by atoms with E-state index in [-0.39, 0.29) is 17.7 Å². The molecule has 5 rings (SSSR count). The molecule has 6 N–H and O–H groups in total. The smallest absolute Gasteiger partial charge is 0.268 e. The largest absolute Gasteiger partial charge is 0.393 e. The zero-order chi connectivity index (χ0) is 27.1. The molecule has 0 atom stereocenters. The number of nitrogens with one attached hydrogen (secondary N) is 1. The number of carbonyl (C=O) groups excluding carboxylic acids is 2. The van der Waals surface area contributed by atoms with Crippen molar-refractivity contribution in [2.45, 2.75) is 43.2 Å². The average molecular weight is 551 g/mol. The predicted octanol–water partition coefficient (Wildman–Crippen LogP) is 4.35. The predicted molar refractivity (Wildman–Crippen MR) is 153 cm³/mol. The molecule has 0 radical (unpaired) electrons. The minimum atomic E-state index is -0.610. The molecule has 38 heavy (non-hydrogen) atoms. The molecule has 1 fully saturated rings. The number of primary amides is 1. The molecule has 11 heteroatoms. The fourth-order valence-electron chi connectivity index (χ4n) is 4.28. The zero-order valence-electron chi connectivity index (χ0n) is 21.0. The third-order valence-electron chi connectivity index (χ3n) is 6.16. The summed E-state index contributed by atoms with van der Waals surface area (Å²) in [6.07, 6.45) is 9.49. The summed E-state index contributed by atoms with van der Waals surface area (Å²) in [7, 11) is 0. The van der Waals surface area contributed by atoms with Crippen LogP contribution in [0.25, 0.3) is 16.9 Å². The van der Waals surface area contributed by atoms with Crippen molar-refractivity contribution in [2.24, 2.45) is 16.5 Å². The number of nitrogens with two attached hydrogens (primary N) is 2. The first-order valence-electron chi connectivity index (χ1n) is 12.1. The van der Waals surface area contributed by atoms with E-state index in [1.807, 2.05) is 41.3 Å². The van der Waals surface area contributed by atoms with E-state index in [0.717, 1.165) is 34.6 Å². The highest BCUT2D eigenvalue weighted by atomic mass is 32.2. The first-order valence-corrected chi connectivity index (χ1v) is 14.3. The Morgan fingerprint density at radius 2 is 2.08 bits per heavy atom. The molecule has 0 aliphatic heterocycles. The van der Waals surface area contributed by atoms with Gasteiger partial charge in [0.25, 0.3) is 11.8 Å². The van der Waals surface area contributed by atoms with E-state index in [4.69, 9.17) is 16.6 Å². The Morgan fingerprint density at radius 1 is 1.29 bits per heavy atom. The summed E-state index contributed by atoms with van der Waals surface area (Å²) >= 11 is 3.04. The molecule has 1 aliphatic carbocycles. The van der Waals surface area contributed by atoms with Crippen molar-refractivity contribution in [1.82, 2.24) is 14.7 Å². The van der Waals surface area contributed by atoms with E-state index in [1.165, 1.54) is 30.5 Å². The number of hydrogen-bond donors (Lipinski definition) is 4. The van der Waals surface area contributed by atoms with Crippen LogP contribution in [0.15, 0.2) is 63.2 Å². The van der Waals surface area contributed by atoms with Gasteiger partial charge in [0.05, 0.1) is 23.7 Å². The van der Waals surface area contributed by atoms with Gasteiger partial charge in [-0.1, -0.05) is 18.9 Å². The Morgan fingerprint density at radius 3 is 2.68 bits per heavy atom. The van der Waals surface area contributed by atoms with E-state index in [1.54, 1.807) is 34.5 Å². The van der Waals surface area contributed by atoms with Crippen molar-refractivity contribution in [3.05, 3.63) is 70.2 Å². The molecule has 0 unspecified atom stereocenters. The van der Waals surface area contributed by atoms with Gasteiger partial charge in [-0.05, 0) is 60.4 Å². The van der Waals surface area contributed by atoms with Crippen LogP contribution in [0.3, 0.4) is 0 Å². The lowest BCUT2D eigenvalue weighted by Gasteiger charge is -2.09. The Balaban J connectivity index is 0.000000494. The third-order valence-corrected chi connectivity index (χ3v) is 7.61. The van der Waals surface area contributed by atoms with Crippen LogP contribution in [0.4, 0.5) is 5.69 Å². The molecule has 0 bridgehead atoms. The van der Waals surface area contributed by atoms with Gasteiger partial charge < -0.3 is 21.9 Å². The van der Waals surface area contributed by atoms with Crippen molar-refractivity contribution in [3.8, 4) is 11.3 Å².